The van der Waals surface area contributed by atoms with E-state index in [2.05, 4.69) is 29.5 Å². The molecule has 1 saturated carbocycles. The molecule has 3 rings (SSSR count). The van der Waals surface area contributed by atoms with Crippen LogP contribution in [0.1, 0.15) is 51.0 Å². The van der Waals surface area contributed by atoms with Crippen LogP contribution in [0.4, 0.5) is 20.3 Å². The summed E-state index contributed by atoms with van der Waals surface area (Å²) < 4.78 is 32.6. The third-order valence-electron chi connectivity index (χ3n) is 4.90. The minimum absolute atomic E-state index is 0.0453. The summed E-state index contributed by atoms with van der Waals surface area (Å²) in [5, 5.41) is 5.85. The molecule has 1 aromatic heterocycles. The SMILES string of the molecule is CC(C)Oc1ccc(Nc2cc(F)cc(F)c2)nc1C(=O)NC1CCC1(C)C. The number of nitrogens with one attached hydrogen (secondary N) is 2. The molecule has 0 spiro atoms. The molecule has 5 nitrogen and oxygen atoms in total. The van der Waals surface area contributed by atoms with Crippen LogP contribution in [0.25, 0.3) is 0 Å². The second-order valence-corrected chi connectivity index (χ2v) is 8.05. The van der Waals surface area contributed by atoms with E-state index < -0.39 is 11.6 Å². The first-order valence-electron chi connectivity index (χ1n) is 9.36. The fraction of sp³-hybridized carbons (Fsp3) is 0.429. The number of amides is 1. The third-order valence-corrected chi connectivity index (χ3v) is 4.90. The highest BCUT2D eigenvalue weighted by atomic mass is 19.1. The zero-order chi connectivity index (χ0) is 20.5. The monoisotopic (exact) mass is 389 g/mol. The molecule has 1 heterocycles. The number of benzene rings is 1. The Bertz CT molecular complexity index is 864. The van der Waals surface area contributed by atoms with E-state index in [1.807, 2.05) is 13.8 Å². The van der Waals surface area contributed by atoms with E-state index in [4.69, 9.17) is 4.74 Å². The van der Waals surface area contributed by atoms with Gasteiger partial charge in [-0.05, 0) is 56.4 Å². The van der Waals surface area contributed by atoms with Gasteiger partial charge in [0, 0.05) is 17.8 Å². The highest BCUT2D eigenvalue weighted by Crippen LogP contribution is 2.40. The van der Waals surface area contributed by atoms with Gasteiger partial charge < -0.3 is 15.4 Å². The molecule has 0 radical (unpaired) electrons. The van der Waals surface area contributed by atoms with Gasteiger partial charge >= 0.3 is 0 Å². The topological polar surface area (TPSA) is 63.2 Å². The molecule has 1 aliphatic rings. The summed E-state index contributed by atoms with van der Waals surface area (Å²) >= 11 is 0. The minimum Gasteiger partial charge on any atom is -0.489 e. The Kier molecular flexibility index (Phi) is 5.54. The van der Waals surface area contributed by atoms with E-state index in [1.54, 1.807) is 12.1 Å². The van der Waals surface area contributed by atoms with Crippen molar-refractivity contribution >= 4 is 17.4 Å². The Hall–Kier alpha value is -2.70. The third kappa shape index (κ3) is 4.58. The van der Waals surface area contributed by atoms with E-state index >= 15 is 0 Å². The average Bonchev–Trinajstić information content (AvgIpc) is 2.58. The first-order valence-corrected chi connectivity index (χ1v) is 9.36. The first-order chi connectivity index (χ1) is 13.1. The van der Waals surface area contributed by atoms with Crippen molar-refractivity contribution in [3.8, 4) is 5.75 Å². The molecule has 0 bridgehead atoms. The standard InChI is InChI=1S/C21H25F2N3O2/c1-12(2)28-16-5-6-18(24-15-10-13(22)9-14(23)11-15)26-19(16)20(27)25-17-7-8-21(17,3)4/h5-6,9-12,17H,7-8H2,1-4H3,(H,24,26)(H,25,27). The van der Waals surface area contributed by atoms with Crippen molar-refractivity contribution in [3.63, 3.8) is 0 Å². The number of hydrogen-bond acceptors (Lipinski definition) is 4. The predicted molar refractivity (Wildman–Crippen MR) is 104 cm³/mol. The summed E-state index contributed by atoms with van der Waals surface area (Å²) in [5.74, 6) is -1.08. The lowest BCUT2D eigenvalue weighted by molar-refractivity contribution is 0.0722. The van der Waals surface area contributed by atoms with Gasteiger partial charge in [-0.3, -0.25) is 4.79 Å². The van der Waals surface area contributed by atoms with Crippen molar-refractivity contribution in [2.45, 2.75) is 52.7 Å². The van der Waals surface area contributed by atoms with Gasteiger partial charge in [-0.1, -0.05) is 13.8 Å². The van der Waals surface area contributed by atoms with E-state index in [1.165, 1.54) is 0 Å². The van der Waals surface area contributed by atoms with Gasteiger partial charge in [-0.15, -0.1) is 0 Å². The molecule has 1 aliphatic carbocycles. The number of halogens is 2. The fourth-order valence-electron chi connectivity index (χ4n) is 3.16. The maximum Gasteiger partial charge on any atom is 0.274 e. The number of nitrogens with zero attached hydrogens (tertiary/aromatic N) is 1. The van der Waals surface area contributed by atoms with Crippen LogP contribution in [0.3, 0.4) is 0 Å². The van der Waals surface area contributed by atoms with Crippen molar-refractivity contribution in [1.29, 1.82) is 0 Å². The van der Waals surface area contributed by atoms with Crippen molar-refractivity contribution in [2.24, 2.45) is 5.41 Å². The van der Waals surface area contributed by atoms with Crippen LogP contribution < -0.4 is 15.4 Å². The fourth-order valence-corrected chi connectivity index (χ4v) is 3.16. The van der Waals surface area contributed by atoms with E-state index in [0.717, 1.165) is 31.0 Å². The van der Waals surface area contributed by atoms with Crippen molar-refractivity contribution in [2.75, 3.05) is 5.32 Å². The predicted octanol–water partition coefficient (Wildman–Crippen LogP) is 4.81. The molecule has 1 atom stereocenters. The van der Waals surface area contributed by atoms with Crippen LogP contribution in [0, 0.1) is 17.0 Å². The smallest absolute Gasteiger partial charge is 0.274 e. The molecule has 1 amide bonds. The number of carbonyl (C=O) groups excluding carboxylic acids is 1. The molecule has 0 aliphatic heterocycles. The van der Waals surface area contributed by atoms with Crippen LogP contribution in [0.5, 0.6) is 5.75 Å². The van der Waals surface area contributed by atoms with Gasteiger partial charge in [0.25, 0.3) is 5.91 Å². The first kappa shape index (κ1) is 20.0. The van der Waals surface area contributed by atoms with Crippen molar-refractivity contribution < 1.29 is 18.3 Å². The largest absolute Gasteiger partial charge is 0.489 e. The molecular weight excluding hydrogens is 364 g/mol. The number of carbonyl (C=O) groups is 1. The van der Waals surface area contributed by atoms with Crippen molar-refractivity contribution in [3.05, 3.63) is 47.7 Å². The van der Waals surface area contributed by atoms with Gasteiger partial charge in [-0.25, -0.2) is 13.8 Å². The Morgan fingerprint density at radius 3 is 2.43 bits per heavy atom. The Balaban J connectivity index is 1.87. The highest BCUT2D eigenvalue weighted by molar-refractivity contribution is 5.95. The molecule has 150 valence electrons. The molecule has 1 fully saturated rings. The molecule has 1 unspecified atom stereocenters. The lowest BCUT2D eigenvalue weighted by atomic mass is 9.67. The number of pyridine rings is 1. The number of aromatic nitrogens is 1. The van der Waals surface area contributed by atoms with E-state index in [9.17, 15) is 13.6 Å². The summed E-state index contributed by atoms with van der Waals surface area (Å²) in [6.45, 7) is 7.94. The maximum atomic E-state index is 13.4. The second-order valence-electron chi connectivity index (χ2n) is 8.05. The summed E-state index contributed by atoms with van der Waals surface area (Å²) in [7, 11) is 0. The number of rotatable bonds is 6. The summed E-state index contributed by atoms with van der Waals surface area (Å²) in [4.78, 5) is 17.2. The Morgan fingerprint density at radius 1 is 1.21 bits per heavy atom. The normalized spacial score (nSPS) is 17.8. The maximum absolute atomic E-state index is 13.4. The zero-order valence-corrected chi connectivity index (χ0v) is 16.5. The van der Waals surface area contributed by atoms with Gasteiger partial charge in [0.2, 0.25) is 0 Å². The number of anilines is 2. The van der Waals surface area contributed by atoms with Gasteiger partial charge in [-0.2, -0.15) is 0 Å². The van der Waals surface area contributed by atoms with E-state index in [-0.39, 0.29) is 34.8 Å². The van der Waals surface area contributed by atoms with Crippen LogP contribution in [0.2, 0.25) is 0 Å². The van der Waals surface area contributed by atoms with E-state index in [0.29, 0.717) is 11.6 Å². The van der Waals surface area contributed by atoms with Crippen LogP contribution in [0.15, 0.2) is 30.3 Å². The molecular formula is C21H25F2N3O2. The van der Waals surface area contributed by atoms with Crippen LogP contribution in [-0.4, -0.2) is 23.0 Å². The average molecular weight is 389 g/mol. The highest BCUT2D eigenvalue weighted by Gasteiger charge is 2.39. The second kappa shape index (κ2) is 7.73. The van der Waals surface area contributed by atoms with Crippen LogP contribution in [-0.2, 0) is 0 Å². The Morgan fingerprint density at radius 2 is 1.89 bits per heavy atom. The minimum atomic E-state index is -0.701. The molecule has 7 heteroatoms. The van der Waals surface area contributed by atoms with Crippen LogP contribution >= 0.6 is 0 Å². The summed E-state index contributed by atoms with van der Waals surface area (Å²) in [6.07, 6.45) is 1.83. The Labute approximate surface area is 163 Å². The van der Waals surface area contributed by atoms with Crippen molar-refractivity contribution in [1.82, 2.24) is 10.3 Å². The molecule has 2 N–H and O–H groups in total. The van der Waals surface area contributed by atoms with Gasteiger partial charge in [0.05, 0.1) is 6.10 Å². The molecule has 2 aromatic rings. The number of hydrogen-bond donors (Lipinski definition) is 2. The zero-order valence-electron chi connectivity index (χ0n) is 16.5. The lowest BCUT2D eigenvalue weighted by Gasteiger charge is -2.44. The quantitative estimate of drug-likeness (QED) is 0.744. The van der Waals surface area contributed by atoms with Gasteiger partial charge in [0.1, 0.15) is 17.5 Å². The van der Waals surface area contributed by atoms with Gasteiger partial charge in [0.15, 0.2) is 11.4 Å². The number of ether oxygens (including phenoxy) is 1. The summed E-state index contributed by atoms with van der Waals surface area (Å²) in [6, 6.07) is 6.40. The summed E-state index contributed by atoms with van der Waals surface area (Å²) in [5.41, 5.74) is 0.385. The molecule has 0 saturated heterocycles. The lowest BCUT2D eigenvalue weighted by Crippen LogP contribution is -2.52. The molecule has 28 heavy (non-hydrogen) atoms. The molecule has 1 aromatic carbocycles.